The van der Waals surface area contributed by atoms with E-state index in [9.17, 15) is 4.79 Å². The predicted molar refractivity (Wildman–Crippen MR) is 68.5 cm³/mol. The first-order chi connectivity index (χ1) is 7.88. The van der Waals surface area contributed by atoms with Crippen molar-refractivity contribution >= 4 is 12.0 Å². The molecule has 0 fully saturated rings. The molecule has 0 aliphatic carbocycles. The summed E-state index contributed by atoms with van der Waals surface area (Å²) in [6.07, 6.45) is 1.66. The van der Waals surface area contributed by atoms with Gasteiger partial charge < -0.3 is 9.84 Å². The molecule has 0 aliphatic heterocycles. The number of hydrogen-bond donors (Lipinski definition) is 1. The third-order valence-corrected chi connectivity index (χ3v) is 2.94. The van der Waals surface area contributed by atoms with Crippen LogP contribution in [0.3, 0.4) is 0 Å². The number of benzene rings is 1. The number of methoxy groups -OCH3 is 1. The lowest BCUT2D eigenvalue weighted by molar-refractivity contribution is -0.132. The first-order valence-electron chi connectivity index (χ1n) is 5.44. The van der Waals surface area contributed by atoms with Crippen LogP contribution < -0.4 is 4.74 Å². The molecule has 1 aromatic rings. The molecule has 0 saturated carbocycles. The van der Waals surface area contributed by atoms with E-state index < -0.39 is 5.97 Å². The van der Waals surface area contributed by atoms with Gasteiger partial charge in [-0.2, -0.15) is 0 Å². The Kier molecular flexibility index (Phi) is 3.94. The average molecular weight is 234 g/mol. The second-order valence-corrected chi connectivity index (χ2v) is 4.21. The second-order valence-electron chi connectivity index (χ2n) is 4.21. The molecule has 17 heavy (non-hydrogen) atoms. The highest BCUT2D eigenvalue weighted by molar-refractivity contribution is 5.92. The van der Waals surface area contributed by atoms with Crippen molar-refractivity contribution in [3.63, 3.8) is 0 Å². The third-order valence-electron chi connectivity index (χ3n) is 2.94. The van der Waals surface area contributed by atoms with E-state index >= 15 is 0 Å². The van der Waals surface area contributed by atoms with Gasteiger partial charge in [-0.1, -0.05) is 6.07 Å². The van der Waals surface area contributed by atoms with Crippen LogP contribution in [0.25, 0.3) is 6.08 Å². The van der Waals surface area contributed by atoms with Crippen molar-refractivity contribution in [3.8, 4) is 5.75 Å². The van der Waals surface area contributed by atoms with Crippen LogP contribution in [0.4, 0.5) is 0 Å². The van der Waals surface area contributed by atoms with Crippen molar-refractivity contribution in [2.24, 2.45) is 0 Å². The van der Waals surface area contributed by atoms with Gasteiger partial charge in [0.15, 0.2) is 0 Å². The topological polar surface area (TPSA) is 46.5 Å². The SMILES string of the molecule is COc1c(C)c(C)cc(C)c1/C=C(\C)C(=O)O. The molecule has 1 rings (SSSR count). The average Bonchev–Trinajstić information content (AvgIpc) is 2.26. The maximum atomic E-state index is 10.9. The molecule has 1 N–H and O–H groups in total. The predicted octanol–water partition coefficient (Wildman–Crippen LogP) is 3.11. The molecule has 0 radical (unpaired) electrons. The summed E-state index contributed by atoms with van der Waals surface area (Å²) in [5.41, 5.74) is 4.35. The quantitative estimate of drug-likeness (QED) is 0.817. The van der Waals surface area contributed by atoms with E-state index in [0.29, 0.717) is 5.57 Å². The lowest BCUT2D eigenvalue weighted by atomic mass is 9.97. The first kappa shape index (κ1) is 13.3. The molecular weight excluding hydrogens is 216 g/mol. The van der Waals surface area contributed by atoms with E-state index in [1.165, 1.54) is 0 Å². The summed E-state index contributed by atoms with van der Waals surface area (Å²) in [5.74, 6) is -0.159. The van der Waals surface area contributed by atoms with Crippen molar-refractivity contribution in [2.45, 2.75) is 27.7 Å². The molecule has 3 nitrogen and oxygen atoms in total. The van der Waals surface area contributed by atoms with Gasteiger partial charge >= 0.3 is 5.97 Å². The van der Waals surface area contributed by atoms with Gasteiger partial charge in [0, 0.05) is 11.1 Å². The van der Waals surface area contributed by atoms with Crippen molar-refractivity contribution in [1.29, 1.82) is 0 Å². The van der Waals surface area contributed by atoms with Gasteiger partial charge in [-0.25, -0.2) is 4.79 Å². The number of rotatable bonds is 3. The Bertz CT molecular complexity index is 485. The molecule has 0 aliphatic rings. The zero-order valence-electron chi connectivity index (χ0n) is 10.9. The zero-order chi connectivity index (χ0) is 13.2. The Hall–Kier alpha value is -1.77. The summed E-state index contributed by atoms with van der Waals surface area (Å²) < 4.78 is 5.38. The molecule has 0 spiro atoms. The maximum absolute atomic E-state index is 10.9. The van der Waals surface area contributed by atoms with Crippen molar-refractivity contribution in [2.75, 3.05) is 7.11 Å². The largest absolute Gasteiger partial charge is 0.496 e. The summed E-state index contributed by atoms with van der Waals surface area (Å²) in [6.45, 7) is 7.52. The maximum Gasteiger partial charge on any atom is 0.331 e. The van der Waals surface area contributed by atoms with Crippen LogP contribution in [0, 0.1) is 20.8 Å². The highest BCUT2D eigenvalue weighted by atomic mass is 16.5. The molecule has 1 aromatic carbocycles. The Balaban J connectivity index is 3.48. The van der Waals surface area contributed by atoms with Gasteiger partial charge in [-0.15, -0.1) is 0 Å². The van der Waals surface area contributed by atoms with Crippen molar-refractivity contribution < 1.29 is 14.6 Å². The Morgan fingerprint density at radius 3 is 2.35 bits per heavy atom. The van der Waals surface area contributed by atoms with E-state index in [1.54, 1.807) is 20.1 Å². The molecule has 0 heterocycles. The summed E-state index contributed by atoms with van der Waals surface area (Å²) >= 11 is 0. The van der Waals surface area contributed by atoms with Gasteiger partial charge in [0.1, 0.15) is 5.75 Å². The monoisotopic (exact) mass is 234 g/mol. The van der Waals surface area contributed by atoms with Crippen molar-refractivity contribution in [1.82, 2.24) is 0 Å². The summed E-state index contributed by atoms with van der Waals surface area (Å²) in [6, 6.07) is 2.04. The van der Waals surface area contributed by atoms with Crippen molar-refractivity contribution in [3.05, 3.63) is 33.9 Å². The molecular formula is C14H18O3. The van der Waals surface area contributed by atoms with Gasteiger partial charge in [0.05, 0.1) is 7.11 Å². The first-order valence-corrected chi connectivity index (χ1v) is 5.44. The summed E-state index contributed by atoms with van der Waals surface area (Å²) in [7, 11) is 1.61. The smallest absolute Gasteiger partial charge is 0.331 e. The highest BCUT2D eigenvalue weighted by Gasteiger charge is 2.12. The van der Waals surface area contributed by atoms with E-state index in [4.69, 9.17) is 9.84 Å². The van der Waals surface area contributed by atoms with E-state index in [2.05, 4.69) is 0 Å². The van der Waals surface area contributed by atoms with Gasteiger partial charge in [0.25, 0.3) is 0 Å². The van der Waals surface area contributed by atoms with Gasteiger partial charge in [0.2, 0.25) is 0 Å². The standard InChI is InChI=1S/C14H18O3/c1-8-6-9(2)12(7-10(3)14(15)16)13(17-5)11(8)4/h6-7H,1-5H3,(H,15,16)/b10-7+. The minimum absolute atomic E-state index is 0.301. The molecule has 3 heteroatoms. The van der Waals surface area contributed by atoms with Crippen LogP contribution in [-0.2, 0) is 4.79 Å². The molecule has 0 amide bonds. The Morgan fingerprint density at radius 1 is 1.29 bits per heavy atom. The van der Waals surface area contributed by atoms with E-state index in [0.717, 1.165) is 28.0 Å². The minimum atomic E-state index is -0.912. The minimum Gasteiger partial charge on any atom is -0.496 e. The number of hydrogen-bond acceptors (Lipinski definition) is 2. The van der Waals surface area contributed by atoms with Crippen LogP contribution in [-0.4, -0.2) is 18.2 Å². The normalized spacial score (nSPS) is 11.5. The number of aliphatic carboxylic acids is 1. The fourth-order valence-corrected chi connectivity index (χ4v) is 1.79. The third kappa shape index (κ3) is 2.67. The summed E-state index contributed by atoms with van der Waals surface area (Å²) in [4.78, 5) is 10.9. The molecule has 0 bridgehead atoms. The van der Waals surface area contributed by atoms with E-state index in [1.807, 2.05) is 26.8 Å². The fraction of sp³-hybridized carbons (Fsp3) is 0.357. The van der Waals surface area contributed by atoms with Crippen LogP contribution in [0.2, 0.25) is 0 Å². The second kappa shape index (κ2) is 5.04. The van der Waals surface area contributed by atoms with E-state index in [-0.39, 0.29) is 0 Å². The fourth-order valence-electron chi connectivity index (χ4n) is 1.79. The molecule has 0 unspecified atom stereocenters. The lowest BCUT2D eigenvalue weighted by Gasteiger charge is -2.14. The number of carboxylic acid groups (broad SMARTS) is 1. The number of aryl methyl sites for hydroxylation is 2. The van der Waals surface area contributed by atoms with Gasteiger partial charge in [-0.05, 0) is 50.5 Å². The van der Waals surface area contributed by atoms with Crippen LogP contribution in [0.15, 0.2) is 11.6 Å². The summed E-state index contributed by atoms with van der Waals surface area (Å²) in [5, 5.41) is 8.91. The lowest BCUT2D eigenvalue weighted by Crippen LogP contribution is -2.00. The Labute approximate surface area is 102 Å². The number of carboxylic acids is 1. The van der Waals surface area contributed by atoms with Crippen LogP contribution >= 0.6 is 0 Å². The van der Waals surface area contributed by atoms with Crippen LogP contribution in [0.1, 0.15) is 29.2 Å². The number of carbonyl (C=O) groups is 1. The highest BCUT2D eigenvalue weighted by Crippen LogP contribution is 2.31. The number of ether oxygens (including phenoxy) is 1. The molecule has 0 atom stereocenters. The molecule has 0 aromatic heterocycles. The molecule has 92 valence electrons. The van der Waals surface area contributed by atoms with Crippen LogP contribution in [0.5, 0.6) is 5.75 Å². The zero-order valence-corrected chi connectivity index (χ0v) is 10.9. The van der Waals surface area contributed by atoms with Gasteiger partial charge in [-0.3, -0.25) is 0 Å². The molecule has 0 saturated heterocycles. The Morgan fingerprint density at radius 2 is 1.88 bits per heavy atom.